The summed E-state index contributed by atoms with van der Waals surface area (Å²) in [7, 11) is 1.40. The number of rotatable bonds is 5. The number of carbonyl (C=O) groups is 1. The molecule has 1 aromatic carbocycles. The fraction of sp³-hybridized carbons (Fsp3) is 0.417. The van der Waals surface area contributed by atoms with E-state index < -0.39 is 23.8 Å². The van der Waals surface area contributed by atoms with Crippen molar-refractivity contribution in [3.8, 4) is 0 Å². The van der Waals surface area contributed by atoms with Crippen molar-refractivity contribution in [1.82, 2.24) is 5.32 Å². The molecule has 20 heavy (non-hydrogen) atoms. The van der Waals surface area contributed by atoms with Gasteiger partial charge in [0.2, 0.25) is 0 Å². The third kappa shape index (κ3) is 5.06. The van der Waals surface area contributed by atoms with Crippen LogP contribution in [0.3, 0.4) is 0 Å². The van der Waals surface area contributed by atoms with E-state index in [0.717, 1.165) is 12.1 Å². The van der Waals surface area contributed by atoms with E-state index in [1.807, 2.05) is 0 Å². The van der Waals surface area contributed by atoms with E-state index in [-0.39, 0.29) is 18.9 Å². The smallest absolute Gasteiger partial charge is 0.394 e. The number of aliphatic hydroxyl groups is 1. The molecule has 0 aromatic heterocycles. The Bertz CT molecular complexity index is 452. The van der Waals surface area contributed by atoms with Crippen molar-refractivity contribution >= 4 is 11.7 Å². The normalized spacial score (nSPS) is 12.8. The first kappa shape index (κ1) is 16.3. The number of nitrogens with one attached hydrogen (secondary N) is 2. The van der Waals surface area contributed by atoms with Crippen LogP contribution in [0.15, 0.2) is 24.3 Å². The Balaban J connectivity index is 2.66. The average molecular weight is 292 g/mol. The lowest BCUT2D eigenvalue weighted by atomic mass is 10.2. The Morgan fingerprint density at radius 2 is 2.15 bits per heavy atom. The first-order chi connectivity index (χ1) is 9.36. The molecule has 2 amide bonds. The molecule has 0 spiro atoms. The van der Waals surface area contributed by atoms with Crippen molar-refractivity contribution in [3.63, 3.8) is 0 Å². The Labute approximate surface area is 113 Å². The van der Waals surface area contributed by atoms with Gasteiger partial charge in [-0.1, -0.05) is 6.07 Å². The summed E-state index contributed by atoms with van der Waals surface area (Å²) in [6.45, 7) is -0.254. The van der Waals surface area contributed by atoms with Crippen molar-refractivity contribution in [1.29, 1.82) is 0 Å². The highest BCUT2D eigenvalue weighted by Crippen LogP contribution is 2.30. The van der Waals surface area contributed by atoms with Gasteiger partial charge in [-0.25, -0.2) is 4.79 Å². The molecule has 1 aromatic rings. The highest BCUT2D eigenvalue weighted by atomic mass is 19.4. The standard InChI is InChI=1S/C12H15F3N2O3/c1-20-7-10(6-18)17-11(19)16-9-4-2-3-8(5-9)12(13,14)15/h2-5,10,18H,6-7H2,1H3,(H2,16,17,19). The highest BCUT2D eigenvalue weighted by molar-refractivity contribution is 5.89. The van der Waals surface area contributed by atoms with Gasteiger partial charge in [-0.2, -0.15) is 13.2 Å². The van der Waals surface area contributed by atoms with Gasteiger partial charge in [0.1, 0.15) is 0 Å². The molecule has 0 aliphatic heterocycles. The molecule has 0 fully saturated rings. The molecule has 5 nitrogen and oxygen atoms in total. The Morgan fingerprint density at radius 3 is 2.70 bits per heavy atom. The van der Waals surface area contributed by atoms with Crippen molar-refractivity contribution in [2.24, 2.45) is 0 Å². The van der Waals surface area contributed by atoms with E-state index >= 15 is 0 Å². The molecule has 1 atom stereocenters. The number of hydrogen-bond donors (Lipinski definition) is 3. The lowest BCUT2D eigenvalue weighted by molar-refractivity contribution is -0.137. The summed E-state index contributed by atoms with van der Waals surface area (Å²) in [5.41, 5.74) is -0.850. The summed E-state index contributed by atoms with van der Waals surface area (Å²) < 4.78 is 42.2. The van der Waals surface area contributed by atoms with Crippen molar-refractivity contribution in [3.05, 3.63) is 29.8 Å². The molecular formula is C12H15F3N2O3. The molecular weight excluding hydrogens is 277 g/mol. The third-order valence-corrected chi connectivity index (χ3v) is 2.37. The SMILES string of the molecule is COCC(CO)NC(=O)Nc1cccc(C(F)(F)F)c1. The van der Waals surface area contributed by atoms with Gasteiger partial charge in [0.05, 0.1) is 24.8 Å². The Morgan fingerprint density at radius 1 is 1.45 bits per heavy atom. The lowest BCUT2D eigenvalue weighted by Gasteiger charge is -2.16. The van der Waals surface area contributed by atoms with Gasteiger partial charge in [0, 0.05) is 12.8 Å². The van der Waals surface area contributed by atoms with Crippen LogP contribution in [0, 0.1) is 0 Å². The van der Waals surface area contributed by atoms with Crippen LogP contribution in [-0.4, -0.2) is 37.5 Å². The first-order valence-electron chi connectivity index (χ1n) is 5.71. The van der Waals surface area contributed by atoms with Gasteiger partial charge >= 0.3 is 12.2 Å². The molecule has 0 aliphatic rings. The summed E-state index contributed by atoms with van der Waals surface area (Å²) in [4.78, 5) is 11.5. The molecule has 0 heterocycles. The van der Waals surface area contributed by atoms with E-state index in [9.17, 15) is 18.0 Å². The summed E-state index contributed by atoms with van der Waals surface area (Å²) in [5.74, 6) is 0. The van der Waals surface area contributed by atoms with E-state index in [2.05, 4.69) is 10.6 Å². The minimum Gasteiger partial charge on any atom is -0.394 e. The number of carbonyl (C=O) groups excluding carboxylic acids is 1. The molecule has 0 radical (unpaired) electrons. The van der Waals surface area contributed by atoms with Crippen molar-refractivity contribution in [2.75, 3.05) is 25.6 Å². The molecule has 0 saturated heterocycles. The molecule has 0 bridgehead atoms. The van der Waals surface area contributed by atoms with Gasteiger partial charge in [-0.15, -0.1) is 0 Å². The highest BCUT2D eigenvalue weighted by Gasteiger charge is 2.30. The second kappa shape index (κ2) is 7.11. The summed E-state index contributed by atoms with van der Waals surface area (Å²) >= 11 is 0. The van der Waals surface area contributed by atoms with E-state index in [1.54, 1.807) is 0 Å². The fourth-order valence-electron chi connectivity index (χ4n) is 1.47. The first-order valence-corrected chi connectivity index (χ1v) is 5.71. The van der Waals surface area contributed by atoms with Gasteiger partial charge in [0.25, 0.3) is 0 Å². The van der Waals surface area contributed by atoms with Gasteiger partial charge in [0.15, 0.2) is 0 Å². The number of anilines is 1. The number of urea groups is 1. The van der Waals surface area contributed by atoms with Crippen molar-refractivity contribution in [2.45, 2.75) is 12.2 Å². The van der Waals surface area contributed by atoms with Gasteiger partial charge in [-0.3, -0.25) is 0 Å². The maximum atomic E-state index is 12.5. The molecule has 112 valence electrons. The number of ether oxygens (including phenoxy) is 1. The number of methoxy groups -OCH3 is 1. The summed E-state index contributed by atoms with van der Waals surface area (Å²) in [6, 6.07) is 2.90. The topological polar surface area (TPSA) is 70.6 Å². The van der Waals surface area contributed by atoms with Crippen LogP contribution in [0.4, 0.5) is 23.7 Å². The van der Waals surface area contributed by atoms with Crippen LogP contribution >= 0.6 is 0 Å². The zero-order chi connectivity index (χ0) is 15.2. The lowest BCUT2D eigenvalue weighted by Crippen LogP contribution is -2.42. The second-order valence-electron chi connectivity index (χ2n) is 4.01. The van der Waals surface area contributed by atoms with E-state index in [1.165, 1.54) is 19.2 Å². The largest absolute Gasteiger partial charge is 0.416 e. The zero-order valence-electron chi connectivity index (χ0n) is 10.7. The fourth-order valence-corrected chi connectivity index (χ4v) is 1.47. The number of alkyl halides is 3. The number of benzene rings is 1. The number of amides is 2. The van der Waals surface area contributed by atoms with Crippen LogP contribution in [0.1, 0.15) is 5.56 Å². The molecule has 1 rings (SSSR count). The van der Waals surface area contributed by atoms with E-state index in [0.29, 0.717) is 0 Å². The second-order valence-corrected chi connectivity index (χ2v) is 4.01. The van der Waals surface area contributed by atoms with Crippen LogP contribution in [0.2, 0.25) is 0 Å². The average Bonchev–Trinajstić information content (AvgIpc) is 2.37. The monoisotopic (exact) mass is 292 g/mol. The molecule has 1 unspecified atom stereocenters. The van der Waals surface area contributed by atoms with Crippen LogP contribution < -0.4 is 10.6 Å². The molecule has 0 aliphatic carbocycles. The minimum atomic E-state index is -4.47. The van der Waals surface area contributed by atoms with Crippen LogP contribution in [-0.2, 0) is 10.9 Å². The number of halogens is 3. The molecule has 8 heteroatoms. The summed E-state index contributed by atoms with van der Waals surface area (Å²) in [6.07, 6.45) is -4.47. The van der Waals surface area contributed by atoms with Crippen LogP contribution in [0.25, 0.3) is 0 Å². The predicted octanol–water partition coefficient (Wildman–Crippen LogP) is 1.83. The third-order valence-electron chi connectivity index (χ3n) is 2.37. The zero-order valence-corrected chi connectivity index (χ0v) is 10.7. The predicted molar refractivity (Wildman–Crippen MR) is 66.3 cm³/mol. The summed E-state index contributed by atoms with van der Waals surface area (Å²) in [5, 5.41) is 13.6. The van der Waals surface area contributed by atoms with Gasteiger partial charge < -0.3 is 20.5 Å². The van der Waals surface area contributed by atoms with Gasteiger partial charge in [-0.05, 0) is 18.2 Å². The number of hydrogen-bond acceptors (Lipinski definition) is 3. The molecule has 3 N–H and O–H groups in total. The van der Waals surface area contributed by atoms with Crippen molar-refractivity contribution < 1.29 is 27.8 Å². The van der Waals surface area contributed by atoms with E-state index in [4.69, 9.17) is 9.84 Å². The minimum absolute atomic E-state index is 0.00596. The number of aliphatic hydroxyl groups excluding tert-OH is 1. The van der Waals surface area contributed by atoms with Crippen LogP contribution in [0.5, 0.6) is 0 Å². The Kier molecular flexibility index (Phi) is 5.78. The Hall–Kier alpha value is -1.80. The maximum Gasteiger partial charge on any atom is 0.416 e. The quantitative estimate of drug-likeness (QED) is 0.775. The maximum absolute atomic E-state index is 12.5. The molecule has 0 saturated carbocycles.